The molecule has 0 N–H and O–H groups in total. The predicted molar refractivity (Wildman–Crippen MR) is 84.9 cm³/mol. The van der Waals surface area contributed by atoms with Gasteiger partial charge in [-0.15, -0.1) is 0 Å². The van der Waals surface area contributed by atoms with Gasteiger partial charge in [-0.05, 0) is 44.9 Å². The number of fused-ring (bicyclic) bond motifs is 1. The number of rotatable bonds is 4. The molecule has 0 radical (unpaired) electrons. The molecule has 4 atom stereocenters. The fourth-order valence-corrected chi connectivity index (χ4v) is 4.29. The number of carbonyl (C=O) groups is 2. The monoisotopic (exact) mass is 324 g/mol. The number of hydrogen-bond acceptors (Lipinski definition) is 5. The molecule has 1 aliphatic carbocycles. The first-order valence-electron chi connectivity index (χ1n) is 8.98. The van der Waals surface area contributed by atoms with Crippen LogP contribution in [0.3, 0.4) is 0 Å². The highest BCUT2D eigenvalue weighted by Crippen LogP contribution is 2.53. The maximum Gasteiger partial charge on any atom is 0.409 e. The molecule has 2 heterocycles. The van der Waals surface area contributed by atoms with Crippen molar-refractivity contribution in [1.29, 1.82) is 0 Å². The van der Waals surface area contributed by atoms with E-state index in [0.717, 1.165) is 45.4 Å². The molecule has 2 unspecified atom stereocenters. The second-order valence-electron chi connectivity index (χ2n) is 6.83. The summed E-state index contributed by atoms with van der Waals surface area (Å²) in [7, 11) is 0. The van der Waals surface area contributed by atoms with Gasteiger partial charge in [0.2, 0.25) is 0 Å². The Labute approximate surface area is 138 Å². The first kappa shape index (κ1) is 16.6. The van der Waals surface area contributed by atoms with E-state index in [-0.39, 0.29) is 18.0 Å². The van der Waals surface area contributed by atoms with Crippen LogP contribution in [-0.2, 0) is 14.3 Å². The Morgan fingerprint density at radius 2 is 1.70 bits per heavy atom. The summed E-state index contributed by atoms with van der Waals surface area (Å²) in [6, 6.07) is 0.532. The molecule has 3 rings (SSSR count). The Morgan fingerprint density at radius 1 is 1.00 bits per heavy atom. The fraction of sp³-hybridized carbons (Fsp3) is 0.882. The van der Waals surface area contributed by atoms with Crippen LogP contribution < -0.4 is 0 Å². The van der Waals surface area contributed by atoms with Gasteiger partial charge in [-0.2, -0.15) is 0 Å². The first-order chi connectivity index (χ1) is 11.2. The van der Waals surface area contributed by atoms with E-state index in [4.69, 9.17) is 9.47 Å². The zero-order valence-corrected chi connectivity index (χ0v) is 14.2. The lowest BCUT2D eigenvalue weighted by atomic mass is 10.1. The maximum atomic E-state index is 11.9. The zero-order valence-electron chi connectivity index (χ0n) is 14.2. The van der Waals surface area contributed by atoms with E-state index in [1.807, 2.05) is 18.7 Å². The number of hydrogen-bond donors (Lipinski definition) is 0. The van der Waals surface area contributed by atoms with Crippen LogP contribution in [0.15, 0.2) is 0 Å². The number of esters is 1. The molecule has 23 heavy (non-hydrogen) atoms. The maximum absolute atomic E-state index is 11.9. The average Bonchev–Trinajstić information content (AvgIpc) is 3.14. The molecule has 1 saturated carbocycles. The molecular formula is C17H28N2O4. The fourth-order valence-electron chi connectivity index (χ4n) is 4.29. The van der Waals surface area contributed by atoms with Crippen molar-refractivity contribution in [3.63, 3.8) is 0 Å². The van der Waals surface area contributed by atoms with Crippen molar-refractivity contribution in [2.24, 2.45) is 17.8 Å². The molecule has 2 saturated heterocycles. The van der Waals surface area contributed by atoms with E-state index in [2.05, 4.69) is 4.90 Å². The first-order valence-corrected chi connectivity index (χ1v) is 8.98. The largest absolute Gasteiger partial charge is 0.466 e. The lowest BCUT2D eigenvalue weighted by molar-refractivity contribution is -0.145. The van der Waals surface area contributed by atoms with Crippen LogP contribution in [0.4, 0.5) is 4.79 Å². The van der Waals surface area contributed by atoms with Crippen LogP contribution in [-0.4, -0.2) is 67.3 Å². The smallest absolute Gasteiger partial charge is 0.409 e. The van der Waals surface area contributed by atoms with Crippen LogP contribution in [0, 0.1) is 17.8 Å². The SMILES string of the molecule is CCOC(=O)C1[C@H]2CN(C3CCCN(C(=O)OCC)CC3)C[C@@H]12. The van der Waals surface area contributed by atoms with Crippen LogP contribution in [0.25, 0.3) is 0 Å². The van der Waals surface area contributed by atoms with Crippen molar-refractivity contribution >= 4 is 12.1 Å². The van der Waals surface area contributed by atoms with Crippen molar-refractivity contribution < 1.29 is 19.1 Å². The Hall–Kier alpha value is -1.30. The minimum Gasteiger partial charge on any atom is -0.466 e. The minimum atomic E-state index is -0.181. The molecule has 2 aliphatic heterocycles. The number of piperidine rings is 1. The van der Waals surface area contributed by atoms with Crippen LogP contribution >= 0.6 is 0 Å². The summed E-state index contributed by atoms with van der Waals surface area (Å²) in [6.45, 7) is 8.21. The van der Waals surface area contributed by atoms with Gasteiger partial charge in [0.05, 0.1) is 19.1 Å². The zero-order chi connectivity index (χ0) is 16.4. The van der Waals surface area contributed by atoms with E-state index >= 15 is 0 Å². The minimum absolute atomic E-state index is 0.00324. The molecule has 0 spiro atoms. The van der Waals surface area contributed by atoms with E-state index in [0.29, 0.717) is 31.1 Å². The number of amides is 1. The summed E-state index contributed by atoms with van der Waals surface area (Å²) >= 11 is 0. The molecule has 0 aromatic carbocycles. The van der Waals surface area contributed by atoms with E-state index in [1.165, 1.54) is 0 Å². The topological polar surface area (TPSA) is 59.1 Å². The van der Waals surface area contributed by atoms with Crippen molar-refractivity contribution in [3.8, 4) is 0 Å². The van der Waals surface area contributed by atoms with Gasteiger partial charge in [0, 0.05) is 32.2 Å². The molecule has 6 heteroatoms. The standard InChI is InChI=1S/C17H28N2O4/c1-3-22-16(20)15-13-10-19(11-14(13)15)12-6-5-8-18(9-7-12)17(21)23-4-2/h12-15H,3-11H2,1-2H3/t12?,13-,14+,15?. The lowest BCUT2D eigenvalue weighted by Gasteiger charge is -2.28. The summed E-state index contributed by atoms with van der Waals surface area (Å²) in [6.07, 6.45) is 2.97. The van der Waals surface area contributed by atoms with Crippen LogP contribution in [0.5, 0.6) is 0 Å². The van der Waals surface area contributed by atoms with E-state index in [9.17, 15) is 9.59 Å². The lowest BCUT2D eigenvalue weighted by Crippen LogP contribution is -2.38. The van der Waals surface area contributed by atoms with Gasteiger partial charge >= 0.3 is 12.1 Å². The highest BCUT2D eigenvalue weighted by Gasteiger charge is 2.60. The van der Waals surface area contributed by atoms with Crippen molar-refractivity contribution in [1.82, 2.24) is 9.80 Å². The van der Waals surface area contributed by atoms with Crippen LogP contribution in [0.1, 0.15) is 33.1 Å². The summed E-state index contributed by atoms with van der Waals surface area (Å²) in [4.78, 5) is 28.1. The van der Waals surface area contributed by atoms with Gasteiger partial charge in [0.1, 0.15) is 0 Å². The Kier molecular flexibility index (Phi) is 5.09. The Morgan fingerprint density at radius 3 is 2.35 bits per heavy atom. The second kappa shape index (κ2) is 7.07. The molecule has 0 aromatic heterocycles. The highest BCUT2D eigenvalue weighted by molar-refractivity contribution is 5.77. The third-order valence-corrected chi connectivity index (χ3v) is 5.52. The normalized spacial score (nSPS) is 33.7. The van der Waals surface area contributed by atoms with Crippen molar-refractivity contribution in [2.75, 3.05) is 39.4 Å². The molecule has 130 valence electrons. The van der Waals surface area contributed by atoms with Gasteiger partial charge in [0.15, 0.2) is 0 Å². The molecule has 6 nitrogen and oxygen atoms in total. The van der Waals surface area contributed by atoms with Crippen molar-refractivity contribution in [2.45, 2.75) is 39.2 Å². The van der Waals surface area contributed by atoms with Crippen LogP contribution in [0.2, 0.25) is 0 Å². The Bertz CT molecular complexity index is 444. The average molecular weight is 324 g/mol. The number of likely N-dealkylation sites (tertiary alicyclic amines) is 2. The second-order valence-corrected chi connectivity index (χ2v) is 6.83. The van der Waals surface area contributed by atoms with Gasteiger partial charge in [-0.25, -0.2) is 4.79 Å². The summed E-state index contributed by atoms with van der Waals surface area (Å²) in [5.41, 5.74) is 0. The van der Waals surface area contributed by atoms with E-state index < -0.39 is 0 Å². The number of nitrogens with zero attached hydrogens (tertiary/aromatic N) is 2. The summed E-state index contributed by atoms with van der Waals surface area (Å²) in [5.74, 6) is 1.14. The quantitative estimate of drug-likeness (QED) is 0.737. The van der Waals surface area contributed by atoms with Gasteiger partial charge in [-0.1, -0.05) is 0 Å². The molecule has 3 aliphatic rings. The molecular weight excluding hydrogens is 296 g/mol. The van der Waals surface area contributed by atoms with Gasteiger partial charge < -0.3 is 14.4 Å². The predicted octanol–water partition coefficient (Wildman–Crippen LogP) is 1.74. The summed E-state index contributed by atoms with van der Waals surface area (Å²) in [5, 5.41) is 0. The van der Waals surface area contributed by atoms with Crippen molar-refractivity contribution in [3.05, 3.63) is 0 Å². The highest BCUT2D eigenvalue weighted by atomic mass is 16.6. The molecule has 3 fully saturated rings. The number of carbonyl (C=O) groups excluding carboxylic acids is 2. The summed E-state index contributed by atoms with van der Waals surface area (Å²) < 4.78 is 10.3. The third-order valence-electron chi connectivity index (χ3n) is 5.52. The van der Waals surface area contributed by atoms with Gasteiger partial charge in [-0.3, -0.25) is 9.69 Å². The third kappa shape index (κ3) is 3.47. The van der Waals surface area contributed by atoms with Gasteiger partial charge in [0.25, 0.3) is 0 Å². The molecule has 0 bridgehead atoms. The Balaban J connectivity index is 1.46. The van der Waals surface area contributed by atoms with E-state index in [1.54, 1.807) is 0 Å². The number of ether oxygens (including phenoxy) is 2. The molecule has 0 aromatic rings. The molecule has 1 amide bonds.